The molecule has 1 amide bonds. The molecule has 3 aromatic carbocycles. The van der Waals surface area contributed by atoms with Crippen LogP contribution in [0.5, 0.6) is 0 Å². The first kappa shape index (κ1) is 22.1. The minimum atomic E-state index is -0.0302. The molecule has 4 fully saturated rings. The second kappa shape index (κ2) is 9.31. The van der Waals surface area contributed by atoms with Crippen LogP contribution in [-0.2, 0) is 11.3 Å². The summed E-state index contributed by atoms with van der Waals surface area (Å²) in [6, 6.07) is 19.6. The van der Waals surface area contributed by atoms with Gasteiger partial charge in [0.2, 0.25) is 5.91 Å². The van der Waals surface area contributed by atoms with Gasteiger partial charge in [-0.05, 0) is 89.5 Å². The van der Waals surface area contributed by atoms with Gasteiger partial charge in [-0.2, -0.15) is 0 Å². The van der Waals surface area contributed by atoms with E-state index < -0.39 is 0 Å². The molecule has 0 spiro atoms. The van der Waals surface area contributed by atoms with E-state index >= 15 is 0 Å². The third kappa shape index (κ3) is 4.23. The van der Waals surface area contributed by atoms with Crippen molar-refractivity contribution in [2.45, 2.75) is 45.1 Å². The summed E-state index contributed by atoms with van der Waals surface area (Å²) in [5.74, 6) is 2.80. The number of amides is 1. The molecule has 4 nitrogen and oxygen atoms in total. The van der Waals surface area contributed by atoms with E-state index in [-0.39, 0.29) is 5.41 Å². The van der Waals surface area contributed by atoms with Gasteiger partial charge in [0.1, 0.15) is 0 Å². The molecule has 4 saturated carbocycles. The highest BCUT2D eigenvalue weighted by atomic mass is 16.2. The summed E-state index contributed by atoms with van der Waals surface area (Å²) in [4.78, 5) is 13.1. The summed E-state index contributed by atoms with van der Waals surface area (Å²) < 4.78 is 0. The maximum Gasteiger partial charge on any atom is 0.226 e. The summed E-state index contributed by atoms with van der Waals surface area (Å²) in [5.41, 5.74) is 1.34. The Morgan fingerprint density at radius 1 is 0.735 bits per heavy atom. The molecule has 3 N–H and O–H groups in total. The van der Waals surface area contributed by atoms with Crippen molar-refractivity contribution in [3.63, 3.8) is 0 Å². The number of rotatable bonds is 9. The minimum Gasteiger partial charge on any atom is -0.354 e. The van der Waals surface area contributed by atoms with E-state index in [4.69, 9.17) is 0 Å². The van der Waals surface area contributed by atoms with Gasteiger partial charge in [0.05, 0.1) is 0 Å². The van der Waals surface area contributed by atoms with Crippen molar-refractivity contribution in [1.29, 1.82) is 0 Å². The zero-order valence-electron chi connectivity index (χ0n) is 20.1. The average molecular weight is 456 g/mol. The molecule has 0 heterocycles. The van der Waals surface area contributed by atoms with Crippen LogP contribution in [0.15, 0.2) is 54.6 Å². The Kier molecular flexibility index (Phi) is 6.04. The predicted molar refractivity (Wildman–Crippen MR) is 140 cm³/mol. The molecular weight excluding hydrogens is 418 g/mol. The second-order valence-corrected chi connectivity index (χ2v) is 11.2. The number of carbonyl (C=O) groups is 1. The Balaban J connectivity index is 0.957. The molecule has 4 aliphatic carbocycles. The minimum absolute atomic E-state index is 0.0302. The third-order valence-electron chi connectivity index (χ3n) is 8.77. The van der Waals surface area contributed by atoms with Crippen LogP contribution in [0, 0.1) is 23.2 Å². The normalized spacial score (nSPS) is 27.5. The molecule has 3 aromatic rings. The zero-order valence-corrected chi connectivity index (χ0v) is 20.1. The molecule has 34 heavy (non-hydrogen) atoms. The lowest BCUT2D eigenvalue weighted by atomic mass is 9.49. The number of hydrogen-bond acceptors (Lipinski definition) is 3. The third-order valence-corrected chi connectivity index (χ3v) is 8.77. The number of carbonyl (C=O) groups excluding carboxylic acids is 1. The van der Waals surface area contributed by atoms with E-state index in [2.05, 4.69) is 70.5 Å². The molecule has 0 unspecified atom stereocenters. The van der Waals surface area contributed by atoms with Gasteiger partial charge in [-0.15, -0.1) is 0 Å². The van der Waals surface area contributed by atoms with Crippen LogP contribution >= 0.6 is 0 Å². The largest absolute Gasteiger partial charge is 0.354 e. The highest BCUT2D eigenvalue weighted by molar-refractivity contribution is 6.02. The summed E-state index contributed by atoms with van der Waals surface area (Å²) in [6.45, 7) is 4.22. The fourth-order valence-corrected chi connectivity index (χ4v) is 7.65. The molecule has 0 atom stereocenters. The van der Waals surface area contributed by atoms with Gasteiger partial charge >= 0.3 is 0 Å². The van der Waals surface area contributed by atoms with Crippen LogP contribution in [0.1, 0.15) is 44.1 Å². The zero-order chi connectivity index (χ0) is 23.0. The number of benzene rings is 3. The van der Waals surface area contributed by atoms with E-state index in [9.17, 15) is 4.79 Å². The fourth-order valence-electron chi connectivity index (χ4n) is 7.65. The van der Waals surface area contributed by atoms with Crippen LogP contribution in [-0.4, -0.2) is 32.1 Å². The highest BCUT2D eigenvalue weighted by Gasteiger charge is 2.54. The van der Waals surface area contributed by atoms with Crippen LogP contribution in [0.25, 0.3) is 21.5 Å². The SMILES string of the molecule is O=C(NCCNCCNCc1c2ccccc2cc2ccccc12)C12CC3CC(CC(C3)C1)C2. The maximum absolute atomic E-state index is 13.1. The summed E-state index contributed by atoms with van der Waals surface area (Å²) >= 11 is 0. The highest BCUT2D eigenvalue weighted by Crippen LogP contribution is 2.60. The molecule has 0 radical (unpaired) electrons. The molecule has 4 bridgehead atoms. The van der Waals surface area contributed by atoms with Gasteiger partial charge in [0.15, 0.2) is 0 Å². The first-order valence-corrected chi connectivity index (χ1v) is 13.3. The Bertz CT molecular complexity index is 1100. The van der Waals surface area contributed by atoms with Gasteiger partial charge in [-0.3, -0.25) is 4.79 Å². The molecule has 7 rings (SSSR count). The lowest BCUT2D eigenvalue weighted by molar-refractivity contribution is -0.146. The number of nitrogens with one attached hydrogen (secondary N) is 3. The predicted octanol–water partition coefficient (Wildman–Crippen LogP) is 5.00. The maximum atomic E-state index is 13.1. The van der Waals surface area contributed by atoms with Crippen LogP contribution in [0.4, 0.5) is 0 Å². The number of fused-ring (bicyclic) bond motifs is 2. The van der Waals surface area contributed by atoms with Gasteiger partial charge in [0, 0.05) is 38.1 Å². The smallest absolute Gasteiger partial charge is 0.226 e. The summed E-state index contributed by atoms with van der Waals surface area (Å²) in [7, 11) is 0. The molecule has 0 saturated heterocycles. The Labute approximate surface area is 202 Å². The van der Waals surface area contributed by atoms with Crippen molar-refractivity contribution in [3.05, 3.63) is 60.2 Å². The summed E-state index contributed by atoms with van der Waals surface area (Å²) in [5, 5.41) is 15.6. The molecule has 178 valence electrons. The lowest BCUT2D eigenvalue weighted by Gasteiger charge is -2.55. The molecule has 0 aliphatic heterocycles. The van der Waals surface area contributed by atoms with Gasteiger partial charge < -0.3 is 16.0 Å². The van der Waals surface area contributed by atoms with E-state index in [0.717, 1.165) is 69.7 Å². The summed E-state index contributed by atoms with van der Waals surface area (Å²) in [6.07, 6.45) is 7.59. The van der Waals surface area contributed by atoms with E-state index in [0.29, 0.717) is 5.91 Å². The average Bonchev–Trinajstić information content (AvgIpc) is 2.84. The molecule has 0 aromatic heterocycles. The first-order valence-electron chi connectivity index (χ1n) is 13.3. The Morgan fingerprint density at radius 2 is 1.26 bits per heavy atom. The molecule has 4 heteroatoms. The van der Waals surface area contributed by atoms with Crippen molar-refractivity contribution < 1.29 is 4.79 Å². The van der Waals surface area contributed by atoms with Crippen LogP contribution in [0.2, 0.25) is 0 Å². The van der Waals surface area contributed by atoms with E-state index in [1.165, 1.54) is 46.4 Å². The molecular formula is C30H37N3O. The fraction of sp³-hybridized carbons (Fsp3) is 0.500. The topological polar surface area (TPSA) is 53.2 Å². The van der Waals surface area contributed by atoms with E-state index in [1.807, 2.05) is 0 Å². The van der Waals surface area contributed by atoms with Crippen molar-refractivity contribution >= 4 is 27.5 Å². The van der Waals surface area contributed by atoms with Crippen molar-refractivity contribution in [3.8, 4) is 0 Å². The van der Waals surface area contributed by atoms with Gasteiger partial charge in [0.25, 0.3) is 0 Å². The van der Waals surface area contributed by atoms with E-state index in [1.54, 1.807) is 0 Å². The van der Waals surface area contributed by atoms with Crippen LogP contribution < -0.4 is 16.0 Å². The lowest BCUT2D eigenvalue weighted by Crippen LogP contribution is -2.54. The monoisotopic (exact) mass is 455 g/mol. The first-order chi connectivity index (χ1) is 16.7. The Morgan fingerprint density at radius 3 is 1.88 bits per heavy atom. The second-order valence-electron chi connectivity index (χ2n) is 11.2. The van der Waals surface area contributed by atoms with Gasteiger partial charge in [-0.25, -0.2) is 0 Å². The standard InChI is InChI=1S/C30H37N3O/c34-29(30-17-21-13-22(18-30)15-23(14-21)19-30)33-12-11-31-9-10-32-20-28-26-7-3-1-5-24(26)16-25-6-2-4-8-27(25)28/h1-8,16,21-23,31-32H,9-15,17-20H2,(H,33,34). The molecule has 4 aliphatic rings. The van der Waals surface area contributed by atoms with Gasteiger partial charge in [-0.1, -0.05) is 48.5 Å². The van der Waals surface area contributed by atoms with Crippen molar-refractivity contribution in [2.75, 3.05) is 26.2 Å². The quantitative estimate of drug-likeness (QED) is 0.314. The Hall–Kier alpha value is -2.43. The number of hydrogen-bond donors (Lipinski definition) is 3. The van der Waals surface area contributed by atoms with Crippen molar-refractivity contribution in [2.24, 2.45) is 23.2 Å². The van der Waals surface area contributed by atoms with Crippen molar-refractivity contribution in [1.82, 2.24) is 16.0 Å². The van der Waals surface area contributed by atoms with Crippen LogP contribution in [0.3, 0.4) is 0 Å².